The summed E-state index contributed by atoms with van der Waals surface area (Å²) in [5.41, 5.74) is 0. The molecule has 1 N–H and O–H groups in total. The number of alkyl halides is 3. The van der Waals surface area contributed by atoms with Crippen LogP contribution in [0.1, 0.15) is 44.9 Å². The smallest absolute Gasteiger partial charge is 0.391 e. The average Bonchev–Trinajstić information content (AvgIpc) is 2.46. The molecule has 2 aliphatic rings. The quantitative estimate of drug-likeness (QED) is 0.871. The van der Waals surface area contributed by atoms with Crippen molar-refractivity contribution < 1.29 is 23.1 Å². The third-order valence-electron chi connectivity index (χ3n) is 4.85. The number of nitrogens with zero attached hydrogens (tertiary/aromatic N) is 1. The molecule has 0 spiro atoms. The number of amides is 1. The highest BCUT2D eigenvalue weighted by Gasteiger charge is 2.44. The van der Waals surface area contributed by atoms with Crippen LogP contribution >= 0.6 is 0 Å². The lowest BCUT2D eigenvalue weighted by Crippen LogP contribution is -2.45. The molecule has 122 valence electrons. The second-order valence-corrected chi connectivity index (χ2v) is 6.41. The van der Waals surface area contributed by atoms with Crippen LogP contribution in [0.4, 0.5) is 13.2 Å². The molecule has 2 rings (SSSR count). The van der Waals surface area contributed by atoms with E-state index in [1.54, 1.807) is 4.90 Å². The van der Waals surface area contributed by atoms with E-state index >= 15 is 0 Å². The van der Waals surface area contributed by atoms with Crippen LogP contribution in [0.3, 0.4) is 0 Å². The monoisotopic (exact) mass is 307 g/mol. The summed E-state index contributed by atoms with van der Waals surface area (Å²) in [7, 11) is 0. The molecule has 0 aromatic heterocycles. The number of carbonyl (C=O) groups excluding carboxylic acids is 1. The molecule has 3 nitrogen and oxygen atoms in total. The van der Waals surface area contributed by atoms with E-state index in [4.69, 9.17) is 5.11 Å². The molecule has 0 aromatic rings. The summed E-state index contributed by atoms with van der Waals surface area (Å²) in [6, 6.07) is 0. The predicted molar refractivity (Wildman–Crippen MR) is 72.5 cm³/mol. The normalized spacial score (nSPS) is 31.2. The van der Waals surface area contributed by atoms with Crippen LogP contribution in [0.25, 0.3) is 0 Å². The molecule has 21 heavy (non-hydrogen) atoms. The molecule has 6 heteroatoms. The number of carbonyl (C=O) groups is 1. The van der Waals surface area contributed by atoms with Gasteiger partial charge in [0, 0.05) is 25.6 Å². The van der Waals surface area contributed by atoms with Crippen LogP contribution in [-0.2, 0) is 4.79 Å². The Labute approximate surface area is 123 Å². The summed E-state index contributed by atoms with van der Waals surface area (Å²) in [4.78, 5) is 14.2. The Hall–Kier alpha value is -0.780. The lowest BCUT2D eigenvalue weighted by molar-refractivity contribution is -0.187. The van der Waals surface area contributed by atoms with E-state index in [1.807, 2.05) is 0 Å². The summed E-state index contributed by atoms with van der Waals surface area (Å²) in [6.45, 7) is 1.34. The van der Waals surface area contributed by atoms with Crippen LogP contribution in [0.15, 0.2) is 0 Å². The minimum absolute atomic E-state index is 0.0521. The van der Waals surface area contributed by atoms with Crippen molar-refractivity contribution in [1.82, 2.24) is 4.90 Å². The zero-order chi connectivity index (χ0) is 15.5. The molecular formula is C15H24F3NO2. The summed E-state index contributed by atoms with van der Waals surface area (Å²) in [5.74, 6) is -1.61. The Morgan fingerprint density at radius 2 is 1.95 bits per heavy atom. The molecule has 1 saturated carbocycles. The van der Waals surface area contributed by atoms with Crippen LogP contribution in [0, 0.1) is 17.8 Å². The first-order chi connectivity index (χ1) is 9.91. The first-order valence-electron chi connectivity index (χ1n) is 7.88. The SMILES string of the molecule is O=C(C1CCCC(C(F)(F)F)C1)N1CCCC(CCO)C1. The zero-order valence-electron chi connectivity index (χ0n) is 12.2. The zero-order valence-corrected chi connectivity index (χ0v) is 12.2. The highest BCUT2D eigenvalue weighted by Crippen LogP contribution is 2.40. The van der Waals surface area contributed by atoms with Crippen molar-refractivity contribution in [2.45, 2.75) is 51.1 Å². The van der Waals surface area contributed by atoms with E-state index < -0.39 is 18.0 Å². The van der Waals surface area contributed by atoms with Crippen LogP contribution in [0.5, 0.6) is 0 Å². The van der Waals surface area contributed by atoms with Gasteiger partial charge in [-0.05, 0) is 44.4 Å². The van der Waals surface area contributed by atoms with Crippen molar-refractivity contribution in [3.63, 3.8) is 0 Å². The molecular weight excluding hydrogens is 283 g/mol. The molecule has 1 aliphatic heterocycles. The van der Waals surface area contributed by atoms with Gasteiger partial charge in [-0.25, -0.2) is 0 Å². The first kappa shape index (κ1) is 16.6. The molecule has 1 heterocycles. The van der Waals surface area contributed by atoms with E-state index in [0.717, 1.165) is 12.8 Å². The molecule has 0 radical (unpaired) electrons. The van der Waals surface area contributed by atoms with Gasteiger partial charge in [0.25, 0.3) is 0 Å². The number of aliphatic hydroxyl groups excluding tert-OH is 1. The minimum atomic E-state index is -4.18. The number of halogens is 3. The van der Waals surface area contributed by atoms with Crippen molar-refractivity contribution in [3.8, 4) is 0 Å². The van der Waals surface area contributed by atoms with E-state index in [9.17, 15) is 18.0 Å². The fourth-order valence-corrected chi connectivity index (χ4v) is 3.65. The van der Waals surface area contributed by atoms with Gasteiger partial charge >= 0.3 is 6.18 Å². The number of rotatable bonds is 3. The van der Waals surface area contributed by atoms with Gasteiger partial charge in [-0.3, -0.25) is 4.79 Å². The van der Waals surface area contributed by atoms with Gasteiger partial charge in [0.15, 0.2) is 0 Å². The third kappa shape index (κ3) is 4.34. The molecule has 2 fully saturated rings. The van der Waals surface area contributed by atoms with Crippen molar-refractivity contribution in [2.75, 3.05) is 19.7 Å². The Morgan fingerprint density at radius 3 is 2.62 bits per heavy atom. The number of aliphatic hydroxyl groups is 1. The van der Waals surface area contributed by atoms with Gasteiger partial charge in [-0.1, -0.05) is 6.42 Å². The topological polar surface area (TPSA) is 40.5 Å². The average molecular weight is 307 g/mol. The maximum absolute atomic E-state index is 12.8. The van der Waals surface area contributed by atoms with Gasteiger partial charge in [0.1, 0.15) is 0 Å². The second-order valence-electron chi connectivity index (χ2n) is 6.41. The maximum atomic E-state index is 12.8. The van der Waals surface area contributed by atoms with E-state index in [2.05, 4.69) is 0 Å². The summed E-state index contributed by atoms with van der Waals surface area (Å²) < 4.78 is 38.5. The Kier molecular flexibility index (Phi) is 5.52. The molecule has 3 atom stereocenters. The molecule has 0 aromatic carbocycles. The minimum Gasteiger partial charge on any atom is -0.396 e. The third-order valence-corrected chi connectivity index (χ3v) is 4.85. The summed E-state index contributed by atoms with van der Waals surface area (Å²) in [5, 5.41) is 8.99. The van der Waals surface area contributed by atoms with Gasteiger partial charge in [-0.2, -0.15) is 13.2 Å². The lowest BCUT2D eigenvalue weighted by atomic mass is 9.80. The molecule has 1 saturated heterocycles. The fourth-order valence-electron chi connectivity index (χ4n) is 3.65. The Bertz CT molecular complexity index is 357. The molecule has 1 amide bonds. The van der Waals surface area contributed by atoms with Crippen molar-refractivity contribution in [1.29, 1.82) is 0 Å². The van der Waals surface area contributed by atoms with E-state index in [1.165, 1.54) is 0 Å². The number of piperidine rings is 1. The molecule has 0 bridgehead atoms. The number of likely N-dealkylation sites (tertiary alicyclic amines) is 1. The summed E-state index contributed by atoms with van der Waals surface area (Å²) >= 11 is 0. The Morgan fingerprint density at radius 1 is 1.19 bits per heavy atom. The van der Waals surface area contributed by atoms with Crippen molar-refractivity contribution in [2.24, 2.45) is 17.8 Å². The van der Waals surface area contributed by atoms with Gasteiger partial charge in [-0.15, -0.1) is 0 Å². The highest BCUT2D eigenvalue weighted by atomic mass is 19.4. The summed E-state index contributed by atoms with van der Waals surface area (Å²) in [6.07, 6.45) is -0.489. The number of hydrogen-bond donors (Lipinski definition) is 1. The van der Waals surface area contributed by atoms with Gasteiger partial charge in [0.05, 0.1) is 5.92 Å². The van der Waals surface area contributed by atoms with Crippen LogP contribution in [-0.4, -0.2) is 41.8 Å². The first-order valence-corrected chi connectivity index (χ1v) is 7.88. The number of hydrogen-bond acceptors (Lipinski definition) is 2. The predicted octanol–water partition coefficient (Wildman–Crippen LogP) is 2.98. The van der Waals surface area contributed by atoms with Crippen molar-refractivity contribution in [3.05, 3.63) is 0 Å². The largest absolute Gasteiger partial charge is 0.396 e. The Balaban J connectivity index is 1.92. The van der Waals surface area contributed by atoms with Gasteiger partial charge in [0.2, 0.25) is 5.91 Å². The van der Waals surface area contributed by atoms with Crippen LogP contribution in [0.2, 0.25) is 0 Å². The fraction of sp³-hybridized carbons (Fsp3) is 0.933. The lowest BCUT2D eigenvalue weighted by Gasteiger charge is -2.37. The van der Waals surface area contributed by atoms with Crippen molar-refractivity contribution >= 4 is 5.91 Å². The van der Waals surface area contributed by atoms with E-state index in [0.29, 0.717) is 32.4 Å². The standard InChI is InChI=1S/C15H24F3NO2/c16-15(17,18)13-5-1-4-12(9-13)14(21)19-7-2-3-11(10-19)6-8-20/h11-13,20H,1-10H2. The second kappa shape index (κ2) is 6.99. The highest BCUT2D eigenvalue weighted by molar-refractivity contribution is 5.79. The maximum Gasteiger partial charge on any atom is 0.391 e. The van der Waals surface area contributed by atoms with Gasteiger partial charge < -0.3 is 10.0 Å². The molecule has 3 unspecified atom stereocenters. The van der Waals surface area contributed by atoms with Crippen LogP contribution < -0.4 is 0 Å². The molecule has 1 aliphatic carbocycles. The van der Waals surface area contributed by atoms with E-state index in [-0.39, 0.29) is 31.3 Å².